The summed E-state index contributed by atoms with van der Waals surface area (Å²) in [4.78, 5) is 23.7. The predicted molar refractivity (Wildman–Crippen MR) is 138 cm³/mol. The van der Waals surface area contributed by atoms with Crippen molar-refractivity contribution >= 4 is 41.1 Å². The van der Waals surface area contributed by atoms with Crippen LogP contribution in [0, 0.1) is 30.9 Å². The van der Waals surface area contributed by atoms with Gasteiger partial charge in [0.15, 0.2) is 0 Å². The molecule has 3 N–H and O–H groups in total. The first-order valence-corrected chi connectivity index (χ1v) is 10.8. The molecule has 1 aromatic heterocycles. The van der Waals surface area contributed by atoms with Gasteiger partial charge in [-0.15, -0.1) is 0 Å². The Kier molecular flexibility index (Phi) is 6.91. The van der Waals surface area contributed by atoms with E-state index in [2.05, 4.69) is 36.1 Å². The average Bonchev–Trinajstić information content (AvgIpc) is 2.83. The summed E-state index contributed by atoms with van der Waals surface area (Å²) >= 11 is 0. The van der Waals surface area contributed by atoms with Gasteiger partial charge < -0.3 is 10.6 Å². The fourth-order valence-electron chi connectivity index (χ4n) is 3.17. The lowest BCUT2D eigenvalue weighted by atomic mass is 10.1. The second-order valence-electron chi connectivity index (χ2n) is 7.89. The van der Waals surface area contributed by atoms with Gasteiger partial charge in [-0.1, -0.05) is 30.3 Å². The van der Waals surface area contributed by atoms with Gasteiger partial charge in [0.05, 0.1) is 11.1 Å². The standard InChI is InChI=1S/C25H24N8O2/c1-16-8-9-21(14-18(16)3)28-24-29-23(27-20-10-12-22(13-11-20)33(34)35)30-25(31-24)32-26-15-19-7-5-4-6-17(19)2/h4-15H,1-3H3,(H3,27,28,29,30,31,32)/b26-15+. The second-order valence-corrected chi connectivity index (χ2v) is 7.89. The maximum Gasteiger partial charge on any atom is 0.269 e. The molecule has 0 saturated heterocycles. The minimum atomic E-state index is -0.452. The van der Waals surface area contributed by atoms with Crippen molar-refractivity contribution < 1.29 is 4.92 Å². The molecule has 35 heavy (non-hydrogen) atoms. The van der Waals surface area contributed by atoms with Crippen LogP contribution in [0.15, 0.2) is 71.8 Å². The Labute approximate surface area is 202 Å². The molecule has 0 atom stereocenters. The monoisotopic (exact) mass is 468 g/mol. The van der Waals surface area contributed by atoms with E-state index in [0.29, 0.717) is 11.6 Å². The largest absolute Gasteiger partial charge is 0.324 e. The Balaban J connectivity index is 1.60. The minimum absolute atomic E-state index is 0.00353. The molecule has 10 heteroatoms. The average molecular weight is 469 g/mol. The smallest absolute Gasteiger partial charge is 0.269 e. The van der Waals surface area contributed by atoms with Gasteiger partial charge in [-0.3, -0.25) is 10.1 Å². The van der Waals surface area contributed by atoms with Crippen LogP contribution in [0.4, 0.5) is 34.9 Å². The van der Waals surface area contributed by atoms with Gasteiger partial charge in [-0.25, -0.2) is 5.43 Å². The Hall–Kier alpha value is -4.86. The Morgan fingerprint density at radius 1 is 0.771 bits per heavy atom. The summed E-state index contributed by atoms with van der Waals surface area (Å²) < 4.78 is 0. The highest BCUT2D eigenvalue weighted by molar-refractivity contribution is 5.82. The number of aromatic nitrogens is 3. The van der Waals surface area contributed by atoms with E-state index < -0.39 is 4.92 Å². The maximum atomic E-state index is 10.9. The lowest BCUT2D eigenvalue weighted by Crippen LogP contribution is -2.07. The number of hydrogen-bond donors (Lipinski definition) is 3. The van der Waals surface area contributed by atoms with Crippen molar-refractivity contribution in [3.05, 3.63) is 99.1 Å². The molecule has 0 aliphatic rings. The predicted octanol–water partition coefficient (Wildman–Crippen LogP) is 5.64. The van der Waals surface area contributed by atoms with Gasteiger partial charge in [-0.05, 0) is 67.3 Å². The molecule has 0 unspecified atom stereocenters. The number of nitrogens with one attached hydrogen (secondary N) is 3. The molecule has 0 spiro atoms. The molecule has 0 saturated carbocycles. The van der Waals surface area contributed by atoms with Crippen LogP contribution in [0.5, 0.6) is 0 Å². The minimum Gasteiger partial charge on any atom is -0.324 e. The van der Waals surface area contributed by atoms with E-state index >= 15 is 0 Å². The Morgan fingerprint density at radius 3 is 2.06 bits per heavy atom. The summed E-state index contributed by atoms with van der Waals surface area (Å²) in [5, 5.41) is 21.4. The van der Waals surface area contributed by atoms with Crippen molar-refractivity contribution in [1.82, 2.24) is 15.0 Å². The number of aryl methyl sites for hydroxylation is 3. The van der Waals surface area contributed by atoms with Gasteiger partial charge in [0.2, 0.25) is 17.8 Å². The molecule has 10 nitrogen and oxygen atoms in total. The van der Waals surface area contributed by atoms with Crippen molar-refractivity contribution in [3.8, 4) is 0 Å². The molecule has 4 aromatic rings. The molecule has 0 aliphatic carbocycles. The number of nitro benzene ring substituents is 1. The first kappa shape index (κ1) is 23.3. The molecule has 0 radical (unpaired) electrons. The summed E-state index contributed by atoms with van der Waals surface area (Å²) in [6.07, 6.45) is 1.69. The molecule has 0 amide bonds. The van der Waals surface area contributed by atoms with Crippen molar-refractivity contribution in [2.75, 3.05) is 16.1 Å². The van der Waals surface area contributed by atoms with Crippen LogP contribution in [0.2, 0.25) is 0 Å². The van der Waals surface area contributed by atoms with Crippen LogP contribution >= 0.6 is 0 Å². The molecule has 0 fully saturated rings. The van der Waals surface area contributed by atoms with Crippen molar-refractivity contribution in [1.29, 1.82) is 0 Å². The number of non-ortho nitro benzene ring substituents is 1. The van der Waals surface area contributed by atoms with Gasteiger partial charge in [-0.2, -0.15) is 20.1 Å². The summed E-state index contributed by atoms with van der Waals surface area (Å²) in [6.45, 7) is 6.08. The van der Waals surface area contributed by atoms with Crippen LogP contribution in [-0.2, 0) is 0 Å². The number of anilines is 5. The van der Waals surface area contributed by atoms with E-state index in [9.17, 15) is 10.1 Å². The fraction of sp³-hybridized carbons (Fsp3) is 0.120. The second kappa shape index (κ2) is 10.4. The number of hydrogen-bond acceptors (Lipinski definition) is 9. The number of nitrogens with zero attached hydrogens (tertiary/aromatic N) is 5. The van der Waals surface area contributed by atoms with Gasteiger partial charge in [0, 0.05) is 23.5 Å². The van der Waals surface area contributed by atoms with Gasteiger partial charge in [0.1, 0.15) is 0 Å². The third-order valence-electron chi connectivity index (χ3n) is 5.29. The van der Waals surface area contributed by atoms with E-state index in [0.717, 1.165) is 22.4 Å². The summed E-state index contributed by atoms with van der Waals surface area (Å²) in [6, 6.07) is 19.8. The van der Waals surface area contributed by atoms with Crippen LogP contribution in [0.3, 0.4) is 0 Å². The molecule has 176 valence electrons. The quantitative estimate of drug-likeness (QED) is 0.172. The van der Waals surface area contributed by atoms with E-state index in [1.54, 1.807) is 18.3 Å². The summed E-state index contributed by atoms with van der Waals surface area (Å²) in [5.74, 6) is 0.774. The maximum absolute atomic E-state index is 10.9. The number of benzene rings is 3. The lowest BCUT2D eigenvalue weighted by molar-refractivity contribution is -0.384. The SMILES string of the molecule is Cc1ccc(Nc2nc(N/N=C/c3ccccc3C)nc(Nc3ccc([N+](=O)[O-])cc3)n2)cc1C. The zero-order chi connectivity index (χ0) is 24.8. The van der Waals surface area contributed by atoms with Crippen LogP contribution < -0.4 is 16.1 Å². The normalized spacial score (nSPS) is 10.8. The van der Waals surface area contributed by atoms with Crippen LogP contribution in [0.1, 0.15) is 22.3 Å². The zero-order valence-electron chi connectivity index (χ0n) is 19.5. The van der Waals surface area contributed by atoms with Gasteiger partial charge >= 0.3 is 0 Å². The van der Waals surface area contributed by atoms with E-state index in [4.69, 9.17) is 0 Å². The van der Waals surface area contributed by atoms with Crippen molar-refractivity contribution in [2.45, 2.75) is 20.8 Å². The molecule has 3 aromatic carbocycles. The highest BCUT2D eigenvalue weighted by Crippen LogP contribution is 2.22. The van der Waals surface area contributed by atoms with Crippen molar-refractivity contribution in [2.24, 2.45) is 5.10 Å². The van der Waals surface area contributed by atoms with Gasteiger partial charge in [0.25, 0.3) is 5.69 Å². The molecule has 0 aliphatic heterocycles. The Bertz CT molecular complexity index is 1390. The molecule has 0 bridgehead atoms. The topological polar surface area (TPSA) is 130 Å². The molecular weight excluding hydrogens is 444 g/mol. The number of nitro groups is 1. The lowest BCUT2D eigenvalue weighted by Gasteiger charge is -2.11. The van der Waals surface area contributed by atoms with E-state index in [1.807, 2.05) is 63.2 Å². The van der Waals surface area contributed by atoms with Crippen molar-refractivity contribution in [3.63, 3.8) is 0 Å². The first-order valence-electron chi connectivity index (χ1n) is 10.8. The van der Waals surface area contributed by atoms with E-state index in [1.165, 1.54) is 17.7 Å². The molecule has 1 heterocycles. The number of hydrazone groups is 1. The highest BCUT2D eigenvalue weighted by Gasteiger charge is 2.10. The fourth-order valence-corrected chi connectivity index (χ4v) is 3.17. The van der Waals surface area contributed by atoms with E-state index in [-0.39, 0.29) is 17.6 Å². The highest BCUT2D eigenvalue weighted by atomic mass is 16.6. The van der Waals surface area contributed by atoms with Crippen LogP contribution in [0.25, 0.3) is 0 Å². The molecular formula is C25H24N8O2. The third-order valence-corrected chi connectivity index (χ3v) is 5.29. The number of rotatable bonds is 8. The molecule has 4 rings (SSSR count). The summed E-state index contributed by atoms with van der Waals surface area (Å²) in [5.41, 5.74) is 8.64. The van der Waals surface area contributed by atoms with Crippen LogP contribution in [-0.4, -0.2) is 26.1 Å². The summed E-state index contributed by atoms with van der Waals surface area (Å²) in [7, 11) is 0. The zero-order valence-corrected chi connectivity index (χ0v) is 19.5. The first-order chi connectivity index (χ1) is 16.9. The Morgan fingerprint density at radius 2 is 1.40 bits per heavy atom. The third kappa shape index (κ3) is 6.14.